The second-order valence-electron chi connectivity index (χ2n) is 4.95. The first kappa shape index (κ1) is 15.3. The number of para-hydroxylation sites is 1. The Balaban J connectivity index is 2.31. The number of aryl methyl sites for hydroxylation is 1. The predicted molar refractivity (Wildman–Crippen MR) is 84.9 cm³/mol. The minimum absolute atomic E-state index is 0.302. The van der Waals surface area contributed by atoms with Crippen LogP contribution in [0.15, 0.2) is 36.4 Å². The SMILES string of the molecule is Cc1cc(C(=O)Nc2cccc(Cl)c2N(C)C)ccc1F. The van der Waals surface area contributed by atoms with Crippen LogP contribution in [0.2, 0.25) is 5.02 Å². The molecule has 0 aliphatic rings. The molecule has 0 radical (unpaired) electrons. The van der Waals surface area contributed by atoms with E-state index in [0.29, 0.717) is 21.8 Å². The number of anilines is 2. The van der Waals surface area contributed by atoms with Crippen LogP contribution in [0.1, 0.15) is 15.9 Å². The maximum Gasteiger partial charge on any atom is 0.255 e. The Morgan fingerprint density at radius 3 is 2.57 bits per heavy atom. The van der Waals surface area contributed by atoms with Crippen molar-refractivity contribution in [2.24, 2.45) is 0 Å². The van der Waals surface area contributed by atoms with Gasteiger partial charge in [-0.1, -0.05) is 17.7 Å². The Morgan fingerprint density at radius 2 is 1.95 bits per heavy atom. The van der Waals surface area contributed by atoms with Gasteiger partial charge in [-0.25, -0.2) is 4.39 Å². The lowest BCUT2D eigenvalue weighted by Gasteiger charge is -2.19. The summed E-state index contributed by atoms with van der Waals surface area (Å²) in [6, 6.07) is 9.56. The van der Waals surface area contributed by atoms with Gasteiger partial charge in [0.1, 0.15) is 5.82 Å². The number of benzene rings is 2. The molecule has 21 heavy (non-hydrogen) atoms. The Kier molecular flexibility index (Phi) is 4.48. The zero-order valence-electron chi connectivity index (χ0n) is 12.1. The van der Waals surface area contributed by atoms with Crippen LogP contribution in [0.3, 0.4) is 0 Å². The minimum atomic E-state index is -0.330. The van der Waals surface area contributed by atoms with Gasteiger partial charge in [0.05, 0.1) is 16.4 Å². The molecule has 0 atom stereocenters. The summed E-state index contributed by atoms with van der Waals surface area (Å²) in [6.45, 7) is 1.62. The number of nitrogens with one attached hydrogen (secondary N) is 1. The third kappa shape index (κ3) is 3.34. The van der Waals surface area contributed by atoms with Crippen LogP contribution in [0.4, 0.5) is 15.8 Å². The molecule has 0 bridgehead atoms. The molecular formula is C16H16ClFN2O. The Bertz CT molecular complexity index is 686. The number of carbonyl (C=O) groups is 1. The Labute approximate surface area is 128 Å². The van der Waals surface area contributed by atoms with Crippen molar-refractivity contribution in [1.82, 2.24) is 0 Å². The van der Waals surface area contributed by atoms with Crippen molar-refractivity contribution in [3.8, 4) is 0 Å². The second kappa shape index (κ2) is 6.14. The van der Waals surface area contributed by atoms with Gasteiger partial charge in [-0.3, -0.25) is 4.79 Å². The molecule has 2 aromatic carbocycles. The highest BCUT2D eigenvalue weighted by Gasteiger charge is 2.13. The van der Waals surface area contributed by atoms with Crippen molar-refractivity contribution in [3.63, 3.8) is 0 Å². The highest BCUT2D eigenvalue weighted by atomic mass is 35.5. The van der Waals surface area contributed by atoms with Crippen LogP contribution in [-0.2, 0) is 0 Å². The van der Waals surface area contributed by atoms with Crippen molar-refractivity contribution < 1.29 is 9.18 Å². The van der Waals surface area contributed by atoms with E-state index in [1.807, 2.05) is 19.0 Å². The van der Waals surface area contributed by atoms with Crippen LogP contribution >= 0.6 is 11.6 Å². The lowest BCUT2D eigenvalue weighted by molar-refractivity contribution is 0.102. The molecule has 0 aliphatic heterocycles. The highest BCUT2D eigenvalue weighted by Crippen LogP contribution is 2.32. The fourth-order valence-corrected chi connectivity index (χ4v) is 2.39. The van der Waals surface area contributed by atoms with E-state index < -0.39 is 0 Å². The number of amides is 1. The molecule has 0 fully saturated rings. The van der Waals surface area contributed by atoms with Crippen molar-refractivity contribution in [1.29, 1.82) is 0 Å². The third-order valence-corrected chi connectivity index (χ3v) is 3.41. The molecule has 0 aromatic heterocycles. The molecular weight excluding hydrogens is 291 g/mol. The van der Waals surface area contributed by atoms with Gasteiger partial charge in [0, 0.05) is 19.7 Å². The van der Waals surface area contributed by atoms with Gasteiger partial charge < -0.3 is 10.2 Å². The van der Waals surface area contributed by atoms with E-state index in [1.165, 1.54) is 18.2 Å². The molecule has 0 saturated heterocycles. The molecule has 1 N–H and O–H groups in total. The first-order valence-corrected chi connectivity index (χ1v) is 6.81. The fraction of sp³-hybridized carbons (Fsp3) is 0.188. The number of carbonyl (C=O) groups excluding carboxylic acids is 1. The standard InChI is InChI=1S/C16H16ClFN2O/c1-10-9-11(7-8-13(10)18)16(21)19-14-6-4-5-12(17)15(14)20(2)3/h4-9H,1-3H3,(H,19,21). The maximum atomic E-state index is 13.3. The summed E-state index contributed by atoms with van der Waals surface area (Å²) in [5.74, 6) is -0.633. The van der Waals surface area contributed by atoms with Gasteiger partial charge in [0.15, 0.2) is 0 Å². The molecule has 0 spiro atoms. The summed E-state index contributed by atoms with van der Waals surface area (Å²) in [4.78, 5) is 14.1. The van der Waals surface area contributed by atoms with Crippen LogP contribution in [0.5, 0.6) is 0 Å². The van der Waals surface area contributed by atoms with Crippen molar-refractivity contribution >= 4 is 28.9 Å². The van der Waals surface area contributed by atoms with Crippen LogP contribution in [-0.4, -0.2) is 20.0 Å². The normalized spacial score (nSPS) is 10.3. The first-order valence-electron chi connectivity index (χ1n) is 6.43. The summed E-state index contributed by atoms with van der Waals surface area (Å²) in [5, 5.41) is 3.36. The molecule has 0 aliphatic carbocycles. The van der Waals surface area contributed by atoms with E-state index in [2.05, 4.69) is 5.32 Å². The van der Waals surface area contributed by atoms with Crippen molar-refractivity contribution in [2.45, 2.75) is 6.92 Å². The number of rotatable bonds is 3. The quantitative estimate of drug-likeness (QED) is 0.925. The largest absolute Gasteiger partial charge is 0.375 e. The average Bonchev–Trinajstić information content (AvgIpc) is 2.41. The molecule has 0 unspecified atom stereocenters. The number of halogens is 2. The van der Waals surface area contributed by atoms with E-state index in [0.717, 1.165) is 5.69 Å². The van der Waals surface area contributed by atoms with Gasteiger partial charge in [-0.2, -0.15) is 0 Å². The maximum absolute atomic E-state index is 13.3. The van der Waals surface area contributed by atoms with Crippen molar-refractivity contribution in [2.75, 3.05) is 24.3 Å². The first-order chi connectivity index (χ1) is 9.90. The van der Waals surface area contributed by atoms with Crippen LogP contribution in [0.25, 0.3) is 0 Å². The molecule has 0 heterocycles. The van der Waals surface area contributed by atoms with E-state index in [1.54, 1.807) is 25.1 Å². The van der Waals surface area contributed by atoms with Crippen molar-refractivity contribution in [3.05, 3.63) is 58.4 Å². The molecule has 1 amide bonds. The smallest absolute Gasteiger partial charge is 0.255 e. The van der Waals surface area contributed by atoms with E-state index in [-0.39, 0.29) is 11.7 Å². The van der Waals surface area contributed by atoms with Gasteiger partial charge >= 0.3 is 0 Å². The second-order valence-corrected chi connectivity index (χ2v) is 5.36. The lowest BCUT2D eigenvalue weighted by atomic mass is 10.1. The number of hydrogen-bond donors (Lipinski definition) is 1. The highest BCUT2D eigenvalue weighted by molar-refractivity contribution is 6.34. The van der Waals surface area contributed by atoms with Gasteiger partial charge in [-0.15, -0.1) is 0 Å². The van der Waals surface area contributed by atoms with E-state index >= 15 is 0 Å². The van der Waals surface area contributed by atoms with E-state index in [9.17, 15) is 9.18 Å². The summed E-state index contributed by atoms with van der Waals surface area (Å²) < 4.78 is 13.3. The summed E-state index contributed by atoms with van der Waals surface area (Å²) in [5.41, 5.74) is 2.17. The van der Waals surface area contributed by atoms with E-state index in [4.69, 9.17) is 11.6 Å². The zero-order chi connectivity index (χ0) is 15.6. The minimum Gasteiger partial charge on any atom is -0.375 e. The summed E-state index contributed by atoms with van der Waals surface area (Å²) in [7, 11) is 3.69. The Hall–Kier alpha value is -2.07. The summed E-state index contributed by atoms with van der Waals surface area (Å²) >= 11 is 6.16. The lowest BCUT2D eigenvalue weighted by Crippen LogP contribution is -2.17. The molecule has 5 heteroatoms. The average molecular weight is 307 g/mol. The number of hydrogen-bond acceptors (Lipinski definition) is 2. The van der Waals surface area contributed by atoms with Crippen LogP contribution in [0, 0.1) is 12.7 Å². The Morgan fingerprint density at radius 1 is 1.24 bits per heavy atom. The topological polar surface area (TPSA) is 32.3 Å². The third-order valence-electron chi connectivity index (χ3n) is 3.10. The van der Waals surface area contributed by atoms with Gasteiger partial charge in [0.25, 0.3) is 5.91 Å². The predicted octanol–water partition coefficient (Wildman–Crippen LogP) is 4.11. The molecule has 110 valence electrons. The molecule has 2 rings (SSSR count). The monoisotopic (exact) mass is 306 g/mol. The zero-order valence-corrected chi connectivity index (χ0v) is 12.8. The van der Waals surface area contributed by atoms with Gasteiger partial charge in [0.2, 0.25) is 0 Å². The molecule has 0 saturated carbocycles. The van der Waals surface area contributed by atoms with Crippen LogP contribution < -0.4 is 10.2 Å². The number of nitrogens with zero attached hydrogens (tertiary/aromatic N) is 1. The fourth-order valence-electron chi connectivity index (χ4n) is 2.05. The summed E-state index contributed by atoms with van der Waals surface area (Å²) in [6.07, 6.45) is 0. The molecule has 2 aromatic rings. The molecule has 3 nitrogen and oxygen atoms in total. The van der Waals surface area contributed by atoms with Gasteiger partial charge in [-0.05, 0) is 42.8 Å².